The van der Waals surface area contributed by atoms with Gasteiger partial charge in [0.05, 0.1) is 0 Å². The van der Waals surface area contributed by atoms with Crippen LogP contribution in [0.1, 0.15) is 27.7 Å². The smallest absolute Gasteiger partial charge is 0.763 e. The average molecular weight is 196 g/mol. The molecule has 1 heterocycles. The Labute approximate surface area is 116 Å². The summed E-state index contributed by atoms with van der Waals surface area (Å²) in [6.45, 7) is 8.14. The van der Waals surface area contributed by atoms with Crippen LogP contribution in [0.15, 0.2) is 4.99 Å². The van der Waals surface area contributed by atoms with Crippen LogP contribution in [0.25, 0.3) is 0 Å². The molecule has 11 heavy (non-hydrogen) atoms. The van der Waals surface area contributed by atoms with Crippen molar-refractivity contribution in [2.75, 3.05) is 0 Å². The molecule has 1 N–H and O–H groups in total. The van der Waals surface area contributed by atoms with E-state index < -0.39 is 0 Å². The number of nitrogens with one attached hydrogen (secondary N) is 1. The van der Waals surface area contributed by atoms with Gasteiger partial charge < -0.3 is 12.6 Å². The molecule has 0 unspecified atom stereocenters. The van der Waals surface area contributed by atoms with E-state index in [-0.39, 0.29) is 62.6 Å². The summed E-state index contributed by atoms with van der Waals surface area (Å²) in [4.78, 5) is 4.29. The second-order valence-electron chi connectivity index (χ2n) is 3.73. The molecule has 4 heteroatoms. The molecule has 1 aliphatic heterocycles. The molecule has 0 saturated carbocycles. The van der Waals surface area contributed by atoms with Crippen molar-refractivity contribution in [2.45, 2.75) is 38.9 Å². The van der Waals surface area contributed by atoms with E-state index in [2.05, 4.69) is 10.3 Å². The van der Waals surface area contributed by atoms with Crippen LogP contribution < -0.4 is 56.7 Å². The van der Waals surface area contributed by atoms with Gasteiger partial charge in [-0.25, -0.2) is 0 Å². The van der Waals surface area contributed by atoms with Crippen molar-refractivity contribution >= 4 is 17.7 Å². The van der Waals surface area contributed by atoms with Crippen molar-refractivity contribution in [2.24, 2.45) is 4.99 Å². The summed E-state index contributed by atoms with van der Waals surface area (Å²) in [5.41, 5.74) is -0.264. The first-order valence-electron chi connectivity index (χ1n) is 3.40. The van der Waals surface area contributed by atoms with Gasteiger partial charge in [0.15, 0.2) is 0 Å². The first-order chi connectivity index (χ1) is 4.33. The zero-order chi connectivity index (χ0) is 7.99. The first-order valence-corrected chi connectivity index (χ1v) is 3.81. The topological polar surface area (TPSA) is 24.4 Å². The molecular formula is C7H13KN2S. The normalized spacial score (nSPS) is 25.6. The van der Waals surface area contributed by atoms with Crippen LogP contribution in [0.3, 0.4) is 0 Å². The summed E-state index contributed by atoms with van der Waals surface area (Å²) in [7, 11) is 0. The molecule has 1 rings (SSSR count). The van der Waals surface area contributed by atoms with Crippen LogP contribution >= 0.6 is 0 Å². The van der Waals surface area contributed by atoms with E-state index in [9.17, 15) is 0 Å². The number of hydrogen-bond acceptors (Lipinski definition) is 3. The molecule has 0 aromatic carbocycles. The molecule has 0 atom stereocenters. The minimum Gasteiger partial charge on any atom is -0.763 e. The van der Waals surface area contributed by atoms with Crippen LogP contribution in [0.5, 0.6) is 0 Å². The maximum absolute atomic E-state index is 5.07. The standard InChI is InChI=1S/C7H14N2S.K/c1-6(2)5(10)8-7(3,4)9-6;/h9H,1-4H3,(H,8,10);/q;+1/p-1. The van der Waals surface area contributed by atoms with Gasteiger partial charge in [0.2, 0.25) is 0 Å². The van der Waals surface area contributed by atoms with E-state index in [0.717, 1.165) is 5.04 Å². The fourth-order valence-electron chi connectivity index (χ4n) is 1.24. The second-order valence-corrected chi connectivity index (χ2v) is 4.11. The van der Waals surface area contributed by atoms with Gasteiger partial charge in [-0.3, -0.25) is 10.3 Å². The van der Waals surface area contributed by atoms with Crippen molar-refractivity contribution in [1.29, 1.82) is 0 Å². The zero-order valence-electron chi connectivity index (χ0n) is 7.86. The summed E-state index contributed by atoms with van der Waals surface area (Å²) < 4.78 is 0. The van der Waals surface area contributed by atoms with Gasteiger partial charge in [0, 0.05) is 5.54 Å². The Kier molecular flexibility index (Phi) is 4.20. The quantitative estimate of drug-likeness (QED) is 0.360. The van der Waals surface area contributed by atoms with E-state index in [1.54, 1.807) is 0 Å². The SMILES string of the molecule is CC1(C)N=C([S-])C(C)(C)N1.[K+]. The van der Waals surface area contributed by atoms with Gasteiger partial charge in [-0.1, -0.05) is 5.04 Å². The first kappa shape index (κ1) is 12.5. The largest absolute Gasteiger partial charge is 1.00 e. The van der Waals surface area contributed by atoms with Crippen LogP contribution in [0, 0.1) is 0 Å². The molecule has 0 aliphatic carbocycles. The third kappa shape index (κ3) is 3.02. The Hall–Kier alpha value is 1.49. The fourth-order valence-corrected chi connectivity index (χ4v) is 1.52. The minimum absolute atomic E-state index is 0. The van der Waals surface area contributed by atoms with Gasteiger partial charge in [-0.15, -0.1) is 0 Å². The van der Waals surface area contributed by atoms with Gasteiger partial charge >= 0.3 is 51.4 Å². The molecule has 0 bridgehead atoms. The Morgan fingerprint density at radius 1 is 1.27 bits per heavy atom. The third-order valence-corrected chi connectivity index (χ3v) is 2.14. The van der Waals surface area contributed by atoms with Crippen molar-refractivity contribution < 1.29 is 51.4 Å². The second kappa shape index (κ2) is 3.70. The Balaban J connectivity index is 0.000001000. The molecule has 0 spiro atoms. The van der Waals surface area contributed by atoms with E-state index in [4.69, 9.17) is 12.6 Å². The number of rotatable bonds is 0. The molecule has 0 aromatic rings. The number of nitrogens with zero attached hydrogens (tertiary/aromatic N) is 1. The Morgan fingerprint density at radius 2 is 1.73 bits per heavy atom. The maximum Gasteiger partial charge on any atom is 1.00 e. The predicted molar refractivity (Wildman–Crippen MR) is 46.1 cm³/mol. The minimum atomic E-state index is -0.166. The van der Waals surface area contributed by atoms with E-state index in [1.165, 1.54) is 0 Å². The van der Waals surface area contributed by atoms with E-state index in [1.807, 2.05) is 27.7 Å². The summed E-state index contributed by atoms with van der Waals surface area (Å²) in [5.74, 6) is 0. The molecule has 0 fully saturated rings. The van der Waals surface area contributed by atoms with Gasteiger partial charge in [0.1, 0.15) is 5.66 Å². The average Bonchev–Trinajstić information content (AvgIpc) is 1.73. The molecule has 0 amide bonds. The molecule has 1 aliphatic rings. The monoisotopic (exact) mass is 196 g/mol. The van der Waals surface area contributed by atoms with Gasteiger partial charge in [-0.2, -0.15) is 0 Å². The Bertz CT molecular complexity index is 187. The predicted octanol–water partition coefficient (Wildman–Crippen LogP) is -1.95. The van der Waals surface area contributed by atoms with Crippen molar-refractivity contribution in [3.63, 3.8) is 0 Å². The molecule has 0 saturated heterocycles. The molecule has 0 aromatic heterocycles. The molecule has 0 radical (unpaired) electrons. The van der Waals surface area contributed by atoms with Crippen LogP contribution in [-0.4, -0.2) is 16.2 Å². The summed E-state index contributed by atoms with van der Waals surface area (Å²) in [6.07, 6.45) is 0. The number of hydrogen-bond donors (Lipinski definition) is 1. The number of aliphatic imine (C=N–C) groups is 1. The van der Waals surface area contributed by atoms with Gasteiger partial charge in [0.25, 0.3) is 0 Å². The van der Waals surface area contributed by atoms with Crippen molar-refractivity contribution in [3.8, 4) is 0 Å². The fraction of sp³-hybridized carbons (Fsp3) is 0.857. The van der Waals surface area contributed by atoms with Crippen LogP contribution in [0.2, 0.25) is 0 Å². The zero-order valence-corrected chi connectivity index (χ0v) is 11.8. The summed E-state index contributed by atoms with van der Waals surface area (Å²) in [5, 5.41) is 4.09. The van der Waals surface area contributed by atoms with Crippen molar-refractivity contribution in [1.82, 2.24) is 5.32 Å². The van der Waals surface area contributed by atoms with Gasteiger partial charge in [-0.05, 0) is 27.7 Å². The molecule has 58 valence electrons. The van der Waals surface area contributed by atoms with Crippen LogP contribution in [0.4, 0.5) is 0 Å². The Morgan fingerprint density at radius 3 is 1.82 bits per heavy atom. The maximum atomic E-state index is 5.07. The van der Waals surface area contributed by atoms with E-state index >= 15 is 0 Å². The summed E-state index contributed by atoms with van der Waals surface area (Å²) in [6, 6.07) is 0. The summed E-state index contributed by atoms with van der Waals surface area (Å²) >= 11 is 5.07. The third-order valence-electron chi connectivity index (χ3n) is 1.53. The van der Waals surface area contributed by atoms with Crippen molar-refractivity contribution in [3.05, 3.63) is 0 Å². The molecule has 2 nitrogen and oxygen atoms in total. The van der Waals surface area contributed by atoms with E-state index in [0.29, 0.717) is 0 Å². The van der Waals surface area contributed by atoms with Crippen LogP contribution in [-0.2, 0) is 12.6 Å². The molecular weight excluding hydrogens is 183 g/mol.